The van der Waals surface area contributed by atoms with Crippen molar-refractivity contribution in [1.82, 2.24) is 9.80 Å². The number of nitrogens with two attached hydrogens (primary N) is 1. The van der Waals surface area contributed by atoms with E-state index >= 15 is 0 Å². The van der Waals surface area contributed by atoms with Crippen LogP contribution in [0.4, 0.5) is 11.4 Å². The lowest BCUT2D eigenvalue weighted by Gasteiger charge is -2.36. The molecule has 0 bridgehead atoms. The highest BCUT2D eigenvalue weighted by atomic mass is 16.6. The van der Waals surface area contributed by atoms with Gasteiger partial charge in [-0.2, -0.15) is 0 Å². The van der Waals surface area contributed by atoms with Gasteiger partial charge in [0, 0.05) is 37.0 Å². The number of likely N-dealkylation sites (N-methyl/N-ethyl adjacent to an activating group) is 1. The second-order valence-electron chi connectivity index (χ2n) is 5.54. The van der Waals surface area contributed by atoms with Gasteiger partial charge in [0.15, 0.2) is 0 Å². The zero-order chi connectivity index (χ0) is 15.6. The van der Waals surface area contributed by atoms with E-state index in [0.717, 1.165) is 12.8 Å². The molecule has 0 aromatic heterocycles. The summed E-state index contributed by atoms with van der Waals surface area (Å²) in [6.07, 6.45) is 1.96. The number of carbonyl (C=O) groups is 1. The summed E-state index contributed by atoms with van der Waals surface area (Å²) >= 11 is 0. The summed E-state index contributed by atoms with van der Waals surface area (Å²) in [4.78, 5) is 26.7. The van der Waals surface area contributed by atoms with E-state index in [1.165, 1.54) is 18.2 Å². The Morgan fingerprint density at radius 2 is 2.19 bits per heavy atom. The van der Waals surface area contributed by atoms with Gasteiger partial charge >= 0.3 is 0 Å². The molecule has 1 aliphatic heterocycles. The Morgan fingerprint density at radius 1 is 1.48 bits per heavy atom. The predicted octanol–water partition coefficient (Wildman–Crippen LogP) is 1.34. The summed E-state index contributed by atoms with van der Waals surface area (Å²) in [6, 6.07) is 4.29. The zero-order valence-corrected chi connectivity index (χ0v) is 12.3. The molecule has 0 spiro atoms. The molecule has 1 unspecified atom stereocenters. The third kappa shape index (κ3) is 3.30. The molecular weight excluding hydrogens is 272 g/mol. The maximum atomic E-state index is 12.6. The molecule has 1 saturated heterocycles. The number of carbonyl (C=O) groups excluding carboxylic acids is 1. The van der Waals surface area contributed by atoms with E-state index in [4.69, 9.17) is 5.73 Å². The summed E-state index contributed by atoms with van der Waals surface area (Å²) in [7, 11) is 3.97. The summed E-state index contributed by atoms with van der Waals surface area (Å²) < 4.78 is 0. The van der Waals surface area contributed by atoms with E-state index in [0.29, 0.717) is 19.1 Å². The van der Waals surface area contributed by atoms with Crippen LogP contribution in [0, 0.1) is 10.1 Å². The largest absolute Gasteiger partial charge is 0.398 e. The average Bonchev–Trinajstić information content (AvgIpc) is 2.47. The molecule has 1 atom stereocenters. The third-order valence-corrected chi connectivity index (χ3v) is 3.89. The Kier molecular flexibility index (Phi) is 4.42. The molecule has 0 aliphatic carbocycles. The lowest BCUT2D eigenvalue weighted by atomic mass is 10.0. The lowest BCUT2D eigenvalue weighted by molar-refractivity contribution is -0.384. The van der Waals surface area contributed by atoms with Crippen LogP contribution < -0.4 is 5.73 Å². The summed E-state index contributed by atoms with van der Waals surface area (Å²) in [5, 5.41) is 10.8. The van der Waals surface area contributed by atoms with Crippen LogP contribution in [0.3, 0.4) is 0 Å². The fourth-order valence-corrected chi connectivity index (χ4v) is 2.57. The molecule has 2 rings (SSSR count). The molecule has 1 fully saturated rings. The number of nitrogens with zero attached hydrogens (tertiary/aromatic N) is 3. The smallest absolute Gasteiger partial charge is 0.270 e. The summed E-state index contributed by atoms with van der Waals surface area (Å²) in [5.74, 6) is -0.234. The highest BCUT2D eigenvalue weighted by Gasteiger charge is 2.27. The maximum absolute atomic E-state index is 12.6. The molecular formula is C14H20N4O3. The minimum absolute atomic E-state index is 0.117. The first-order valence-electron chi connectivity index (χ1n) is 6.89. The molecule has 7 heteroatoms. The molecule has 7 nitrogen and oxygen atoms in total. The monoisotopic (exact) mass is 292 g/mol. The van der Waals surface area contributed by atoms with Crippen LogP contribution in [0.1, 0.15) is 23.2 Å². The van der Waals surface area contributed by atoms with E-state index < -0.39 is 4.92 Å². The highest BCUT2D eigenvalue weighted by molar-refractivity contribution is 5.99. The van der Waals surface area contributed by atoms with Crippen molar-refractivity contribution in [3.8, 4) is 0 Å². The van der Waals surface area contributed by atoms with Crippen molar-refractivity contribution in [1.29, 1.82) is 0 Å². The van der Waals surface area contributed by atoms with Crippen LogP contribution in [0.2, 0.25) is 0 Å². The first-order valence-corrected chi connectivity index (χ1v) is 6.89. The van der Waals surface area contributed by atoms with Crippen LogP contribution in [-0.4, -0.2) is 53.9 Å². The first kappa shape index (κ1) is 15.2. The molecule has 1 amide bonds. The van der Waals surface area contributed by atoms with Crippen LogP contribution in [0.15, 0.2) is 18.2 Å². The van der Waals surface area contributed by atoms with Gasteiger partial charge in [0.2, 0.25) is 0 Å². The van der Waals surface area contributed by atoms with E-state index in [-0.39, 0.29) is 22.8 Å². The van der Waals surface area contributed by atoms with Gasteiger partial charge in [0.05, 0.1) is 10.5 Å². The molecule has 2 N–H and O–H groups in total. The number of hydrogen-bond donors (Lipinski definition) is 1. The number of nitro benzene ring substituents is 1. The maximum Gasteiger partial charge on any atom is 0.270 e. The van der Waals surface area contributed by atoms with Gasteiger partial charge in [0.1, 0.15) is 0 Å². The first-order chi connectivity index (χ1) is 9.90. The highest BCUT2D eigenvalue weighted by Crippen LogP contribution is 2.23. The Hall–Kier alpha value is -2.15. The number of benzene rings is 1. The van der Waals surface area contributed by atoms with Crippen molar-refractivity contribution in [2.45, 2.75) is 18.9 Å². The number of non-ortho nitro benzene ring substituents is 1. The van der Waals surface area contributed by atoms with Crippen molar-refractivity contribution >= 4 is 17.3 Å². The van der Waals surface area contributed by atoms with E-state index in [9.17, 15) is 14.9 Å². The second-order valence-corrected chi connectivity index (χ2v) is 5.54. The van der Waals surface area contributed by atoms with Gasteiger partial charge in [-0.05, 0) is 33.0 Å². The van der Waals surface area contributed by atoms with Crippen LogP contribution in [-0.2, 0) is 0 Å². The molecule has 0 radical (unpaired) electrons. The number of anilines is 1. The number of hydrogen-bond acceptors (Lipinski definition) is 5. The van der Waals surface area contributed by atoms with Crippen molar-refractivity contribution in [3.05, 3.63) is 33.9 Å². The molecule has 1 heterocycles. The van der Waals surface area contributed by atoms with Gasteiger partial charge in [-0.15, -0.1) is 0 Å². The molecule has 1 aromatic carbocycles. The van der Waals surface area contributed by atoms with Crippen LogP contribution in [0.5, 0.6) is 0 Å². The number of amides is 1. The van der Waals surface area contributed by atoms with E-state index in [1.54, 1.807) is 4.90 Å². The van der Waals surface area contributed by atoms with E-state index in [2.05, 4.69) is 4.90 Å². The Balaban J connectivity index is 2.23. The second kappa shape index (κ2) is 6.09. The molecule has 1 aromatic rings. The van der Waals surface area contributed by atoms with Crippen LogP contribution >= 0.6 is 0 Å². The lowest BCUT2D eigenvalue weighted by Crippen LogP contribution is -2.47. The molecule has 21 heavy (non-hydrogen) atoms. The standard InChI is InChI=1S/C14H20N4O3/c1-16(2)11-4-3-7-17(9-11)14(19)12-8-10(18(20)21)5-6-13(12)15/h5-6,8,11H,3-4,7,9,15H2,1-2H3. The SMILES string of the molecule is CN(C)C1CCCN(C(=O)c2cc([N+](=O)[O-])ccc2N)C1. The minimum Gasteiger partial charge on any atom is -0.398 e. The Labute approximate surface area is 123 Å². The Bertz CT molecular complexity index is 559. The fraction of sp³-hybridized carbons (Fsp3) is 0.500. The quantitative estimate of drug-likeness (QED) is 0.515. The van der Waals surface area contributed by atoms with Gasteiger partial charge < -0.3 is 15.5 Å². The van der Waals surface area contributed by atoms with Crippen molar-refractivity contribution in [2.24, 2.45) is 0 Å². The number of nitro groups is 1. The third-order valence-electron chi connectivity index (χ3n) is 3.89. The molecule has 114 valence electrons. The van der Waals surface area contributed by atoms with E-state index in [1.807, 2.05) is 14.1 Å². The number of nitrogen functional groups attached to an aromatic ring is 1. The van der Waals surface area contributed by atoms with Gasteiger partial charge in [-0.1, -0.05) is 0 Å². The number of likely N-dealkylation sites (tertiary alicyclic amines) is 1. The summed E-state index contributed by atoms with van der Waals surface area (Å²) in [5.41, 5.74) is 6.18. The Morgan fingerprint density at radius 3 is 2.81 bits per heavy atom. The minimum atomic E-state index is -0.519. The normalized spacial score (nSPS) is 18.8. The average molecular weight is 292 g/mol. The van der Waals surface area contributed by atoms with Crippen molar-refractivity contribution in [3.63, 3.8) is 0 Å². The number of rotatable bonds is 3. The fourth-order valence-electron chi connectivity index (χ4n) is 2.57. The predicted molar refractivity (Wildman–Crippen MR) is 80.1 cm³/mol. The van der Waals surface area contributed by atoms with Gasteiger partial charge in [-0.25, -0.2) is 0 Å². The van der Waals surface area contributed by atoms with Gasteiger partial charge in [-0.3, -0.25) is 14.9 Å². The molecule has 0 saturated carbocycles. The topological polar surface area (TPSA) is 92.7 Å². The summed E-state index contributed by atoms with van der Waals surface area (Å²) in [6.45, 7) is 1.28. The van der Waals surface area contributed by atoms with Gasteiger partial charge in [0.25, 0.3) is 11.6 Å². The zero-order valence-electron chi connectivity index (χ0n) is 12.3. The van der Waals surface area contributed by atoms with Crippen molar-refractivity contribution in [2.75, 3.05) is 32.9 Å². The molecule has 1 aliphatic rings. The van der Waals surface area contributed by atoms with Crippen molar-refractivity contribution < 1.29 is 9.72 Å². The number of piperidine rings is 1. The van der Waals surface area contributed by atoms with Crippen LogP contribution in [0.25, 0.3) is 0 Å².